The third-order valence-electron chi connectivity index (χ3n) is 6.12. The maximum atomic E-state index is 13.0. The number of allylic oxidation sites excluding steroid dienone is 1. The normalized spacial score (nSPS) is 13.3. The number of ether oxygens (including phenoxy) is 2. The van der Waals surface area contributed by atoms with Gasteiger partial charge in [0.1, 0.15) is 17.4 Å². The van der Waals surface area contributed by atoms with Crippen LogP contribution in [0.3, 0.4) is 0 Å². The summed E-state index contributed by atoms with van der Waals surface area (Å²) in [6, 6.07) is 4.59. The van der Waals surface area contributed by atoms with Crippen molar-refractivity contribution in [1.82, 2.24) is 14.8 Å². The first-order chi connectivity index (χ1) is 19.2. The number of rotatable bonds is 11. The van der Waals surface area contributed by atoms with Crippen LogP contribution in [-0.2, 0) is 41.7 Å². The first-order valence-corrected chi connectivity index (χ1v) is 14.6. The molecule has 0 radical (unpaired) electrons. The highest BCUT2D eigenvalue weighted by Gasteiger charge is 2.31. The molecule has 1 N–H and O–H groups in total. The van der Waals surface area contributed by atoms with Gasteiger partial charge < -0.3 is 14.8 Å². The molecule has 0 bridgehead atoms. The van der Waals surface area contributed by atoms with Gasteiger partial charge in [-0.2, -0.15) is 13.2 Å². The van der Waals surface area contributed by atoms with E-state index >= 15 is 0 Å². The molecule has 0 atom stereocenters. The maximum Gasteiger partial charge on any atom is 0.416 e. The standard InChI is InChI=1S/C27H29F3N4O4S2/c1-3-13-34-21(15-38-18-10-8-9-17(14-18)27(28,29)30)32-33-26(34)39-16-22(35)31-24-23(25(36)37-4-2)19-11-6-5-7-12-20(19)40-24/h3,8-10,14H,1,4-7,11-13,15-16H2,2H3,(H,31,35). The molecule has 2 aromatic heterocycles. The number of esters is 1. The number of fused-ring (bicyclic) bond motifs is 1. The molecule has 0 unspecified atom stereocenters. The number of carbonyl (C=O) groups is 2. The van der Waals surface area contributed by atoms with Crippen LogP contribution in [0.25, 0.3) is 0 Å². The second kappa shape index (κ2) is 13.4. The van der Waals surface area contributed by atoms with Gasteiger partial charge in [-0.05, 0) is 56.4 Å². The lowest BCUT2D eigenvalue weighted by atomic mass is 10.1. The number of hydrogen-bond donors (Lipinski definition) is 1. The number of carbonyl (C=O) groups excluding carboxylic acids is 2. The Bertz CT molecular complexity index is 1370. The Hall–Kier alpha value is -3.32. The number of hydrogen-bond acceptors (Lipinski definition) is 8. The van der Waals surface area contributed by atoms with Crippen LogP contribution in [0.5, 0.6) is 5.75 Å². The molecule has 40 heavy (non-hydrogen) atoms. The van der Waals surface area contributed by atoms with Gasteiger partial charge in [-0.15, -0.1) is 28.1 Å². The Kier molecular flexibility index (Phi) is 9.90. The summed E-state index contributed by atoms with van der Waals surface area (Å²) in [5.74, 6) is -0.341. The second-order valence-corrected chi connectivity index (χ2v) is 11.0. The van der Waals surface area contributed by atoms with E-state index in [4.69, 9.17) is 9.47 Å². The molecule has 4 rings (SSSR count). The molecule has 0 saturated heterocycles. The fourth-order valence-electron chi connectivity index (χ4n) is 4.30. The monoisotopic (exact) mass is 594 g/mol. The van der Waals surface area contributed by atoms with Crippen molar-refractivity contribution < 1.29 is 32.2 Å². The Labute approximate surface area is 238 Å². The largest absolute Gasteiger partial charge is 0.486 e. The Morgan fingerprint density at radius 1 is 1.23 bits per heavy atom. The molecule has 1 amide bonds. The Balaban J connectivity index is 1.43. The second-order valence-electron chi connectivity index (χ2n) is 8.94. The SMILES string of the molecule is C=CCn1c(COc2cccc(C(F)(F)F)c2)nnc1SCC(=O)Nc1sc2c(c1C(=O)OCC)CCCCC2. The Morgan fingerprint density at radius 3 is 2.77 bits per heavy atom. The van der Waals surface area contributed by atoms with Crippen LogP contribution in [0.2, 0.25) is 0 Å². The molecule has 0 fully saturated rings. The average Bonchev–Trinajstić information content (AvgIpc) is 3.37. The van der Waals surface area contributed by atoms with Gasteiger partial charge in [0.25, 0.3) is 0 Å². The topological polar surface area (TPSA) is 95.3 Å². The van der Waals surface area contributed by atoms with Crippen LogP contribution in [0.15, 0.2) is 42.1 Å². The van der Waals surface area contributed by atoms with E-state index in [-0.39, 0.29) is 30.6 Å². The number of anilines is 1. The minimum absolute atomic E-state index is 0.00536. The molecule has 0 aliphatic heterocycles. The van der Waals surface area contributed by atoms with Crippen LogP contribution in [0, 0.1) is 0 Å². The van der Waals surface area contributed by atoms with E-state index in [9.17, 15) is 22.8 Å². The van der Waals surface area contributed by atoms with Crippen LogP contribution >= 0.6 is 23.1 Å². The smallest absolute Gasteiger partial charge is 0.416 e. The quantitative estimate of drug-likeness (QED) is 0.121. The predicted molar refractivity (Wildman–Crippen MR) is 147 cm³/mol. The molecule has 214 valence electrons. The highest BCUT2D eigenvalue weighted by molar-refractivity contribution is 7.99. The number of thiophene rings is 1. The van der Waals surface area contributed by atoms with Gasteiger partial charge in [0.05, 0.1) is 23.5 Å². The number of benzene rings is 1. The minimum atomic E-state index is -4.48. The number of nitrogens with zero attached hydrogens (tertiary/aromatic N) is 3. The van der Waals surface area contributed by atoms with Gasteiger partial charge >= 0.3 is 12.1 Å². The molecule has 8 nitrogen and oxygen atoms in total. The van der Waals surface area contributed by atoms with Crippen LogP contribution in [-0.4, -0.2) is 39.0 Å². The summed E-state index contributed by atoms with van der Waals surface area (Å²) < 4.78 is 51.5. The van der Waals surface area contributed by atoms with E-state index in [1.54, 1.807) is 17.6 Å². The fourth-order valence-corrected chi connectivity index (χ4v) is 6.36. The molecular weight excluding hydrogens is 565 g/mol. The molecule has 1 aromatic carbocycles. The van der Waals surface area contributed by atoms with Crippen molar-refractivity contribution in [2.24, 2.45) is 0 Å². The zero-order valence-electron chi connectivity index (χ0n) is 21.9. The number of aromatic nitrogens is 3. The van der Waals surface area contributed by atoms with Crippen LogP contribution in [0.1, 0.15) is 58.4 Å². The van der Waals surface area contributed by atoms with Gasteiger partial charge in [0.2, 0.25) is 5.91 Å². The molecule has 2 heterocycles. The number of aryl methyl sites for hydroxylation is 1. The van der Waals surface area contributed by atoms with Crippen molar-refractivity contribution in [3.8, 4) is 5.75 Å². The predicted octanol–water partition coefficient (Wildman–Crippen LogP) is 6.30. The van der Waals surface area contributed by atoms with Gasteiger partial charge in [-0.25, -0.2) is 4.79 Å². The van der Waals surface area contributed by atoms with Gasteiger partial charge in [-0.1, -0.05) is 30.3 Å². The van der Waals surface area contributed by atoms with Crippen molar-refractivity contribution in [1.29, 1.82) is 0 Å². The van der Waals surface area contributed by atoms with Gasteiger partial charge in [0, 0.05) is 11.4 Å². The van der Waals surface area contributed by atoms with Crippen molar-refractivity contribution in [2.75, 3.05) is 17.7 Å². The van der Waals surface area contributed by atoms with Crippen LogP contribution in [0.4, 0.5) is 18.2 Å². The van der Waals surface area contributed by atoms with Gasteiger partial charge in [0.15, 0.2) is 11.0 Å². The van der Waals surface area contributed by atoms with E-state index in [1.807, 2.05) is 0 Å². The summed E-state index contributed by atoms with van der Waals surface area (Å²) in [5, 5.41) is 12.0. The molecule has 1 aliphatic carbocycles. The summed E-state index contributed by atoms with van der Waals surface area (Å²) in [6.45, 7) is 5.90. The lowest BCUT2D eigenvalue weighted by molar-refractivity contribution is -0.137. The number of amides is 1. The highest BCUT2D eigenvalue weighted by Crippen LogP contribution is 2.38. The molecule has 0 saturated carbocycles. The molecule has 13 heteroatoms. The number of thioether (sulfide) groups is 1. The number of nitrogens with one attached hydrogen (secondary N) is 1. The van der Waals surface area contributed by atoms with Gasteiger partial charge in [-0.3, -0.25) is 9.36 Å². The van der Waals surface area contributed by atoms with E-state index in [0.29, 0.717) is 28.1 Å². The third-order valence-corrected chi connectivity index (χ3v) is 8.29. The third kappa shape index (κ3) is 7.25. The highest BCUT2D eigenvalue weighted by atomic mass is 32.2. The lowest BCUT2D eigenvalue weighted by Crippen LogP contribution is -2.17. The number of alkyl halides is 3. The zero-order valence-corrected chi connectivity index (χ0v) is 23.5. The minimum Gasteiger partial charge on any atom is -0.486 e. The van der Waals surface area contributed by atoms with E-state index in [1.165, 1.54) is 23.5 Å². The van der Waals surface area contributed by atoms with E-state index < -0.39 is 17.7 Å². The zero-order chi connectivity index (χ0) is 28.7. The summed E-state index contributed by atoms with van der Waals surface area (Å²) in [5.41, 5.74) is 0.610. The molecule has 3 aromatic rings. The van der Waals surface area contributed by atoms with E-state index in [2.05, 4.69) is 22.1 Å². The number of halogens is 3. The summed E-state index contributed by atoms with van der Waals surface area (Å²) in [6.07, 6.45) is 1.90. The van der Waals surface area contributed by atoms with Crippen LogP contribution < -0.4 is 10.1 Å². The molecule has 0 spiro atoms. The molecular formula is C27H29F3N4O4S2. The van der Waals surface area contributed by atoms with E-state index in [0.717, 1.165) is 66.4 Å². The average molecular weight is 595 g/mol. The summed E-state index contributed by atoms with van der Waals surface area (Å²) >= 11 is 2.57. The summed E-state index contributed by atoms with van der Waals surface area (Å²) in [4.78, 5) is 26.8. The first kappa shape index (κ1) is 29.7. The fraction of sp³-hybridized carbons (Fsp3) is 0.407. The van der Waals surface area contributed by atoms with Crippen molar-refractivity contribution >= 4 is 40.0 Å². The lowest BCUT2D eigenvalue weighted by Gasteiger charge is -2.11. The summed E-state index contributed by atoms with van der Waals surface area (Å²) in [7, 11) is 0. The van der Waals surface area contributed by atoms with Crippen molar-refractivity contribution in [3.05, 3.63) is 64.3 Å². The first-order valence-electron chi connectivity index (χ1n) is 12.8. The maximum absolute atomic E-state index is 13.0. The van der Waals surface area contributed by atoms with Crippen molar-refractivity contribution in [2.45, 2.75) is 63.5 Å². The van der Waals surface area contributed by atoms with Crippen molar-refractivity contribution in [3.63, 3.8) is 0 Å². The Morgan fingerprint density at radius 2 is 2.02 bits per heavy atom. The molecule has 1 aliphatic rings.